The number of ether oxygens (including phenoxy) is 1. The lowest BCUT2D eigenvalue weighted by Gasteiger charge is -2.11. The van der Waals surface area contributed by atoms with Gasteiger partial charge >= 0.3 is 0 Å². The maximum absolute atomic E-state index is 12.3. The van der Waals surface area contributed by atoms with E-state index >= 15 is 0 Å². The van der Waals surface area contributed by atoms with E-state index in [2.05, 4.69) is 10.5 Å². The molecule has 3 rings (SSSR count). The van der Waals surface area contributed by atoms with Gasteiger partial charge in [0, 0.05) is 5.56 Å². The summed E-state index contributed by atoms with van der Waals surface area (Å²) in [4.78, 5) is 12.3. The molecule has 2 N–H and O–H groups in total. The van der Waals surface area contributed by atoms with Crippen molar-refractivity contribution in [2.45, 2.75) is 20.0 Å². The number of hydrazone groups is 1. The van der Waals surface area contributed by atoms with Crippen LogP contribution in [0.1, 0.15) is 29.8 Å². The van der Waals surface area contributed by atoms with Crippen LogP contribution in [-0.4, -0.2) is 23.3 Å². The van der Waals surface area contributed by atoms with E-state index < -0.39 is 5.91 Å². The van der Waals surface area contributed by atoms with Crippen LogP contribution in [0, 0.1) is 0 Å². The van der Waals surface area contributed by atoms with Crippen LogP contribution in [0.25, 0.3) is 10.8 Å². The Balaban J connectivity index is 1.77. The first-order chi connectivity index (χ1) is 12.5. The van der Waals surface area contributed by atoms with Crippen LogP contribution >= 0.6 is 0 Å². The summed E-state index contributed by atoms with van der Waals surface area (Å²) in [5, 5.41) is 15.8. The summed E-state index contributed by atoms with van der Waals surface area (Å²) in [5.41, 5.74) is 3.38. The van der Waals surface area contributed by atoms with Crippen molar-refractivity contribution in [3.05, 3.63) is 71.8 Å². The minimum absolute atomic E-state index is 0.0358. The minimum atomic E-state index is -0.480. The highest BCUT2D eigenvalue weighted by molar-refractivity contribution is 6.01. The Morgan fingerprint density at radius 1 is 1.08 bits per heavy atom. The Morgan fingerprint density at radius 2 is 1.73 bits per heavy atom. The van der Waals surface area contributed by atoms with E-state index in [1.54, 1.807) is 12.1 Å². The van der Waals surface area contributed by atoms with Crippen LogP contribution < -0.4 is 10.2 Å². The highest BCUT2D eigenvalue weighted by atomic mass is 16.5. The van der Waals surface area contributed by atoms with E-state index in [-0.39, 0.29) is 17.4 Å². The van der Waals surface area contributed by atoms with Gasteiger partial charge in [0.1, 0.15) is 11.5 Å². The van der Waals surface area contributed by atoms with Gasteiger partial charge in [-0.1, -0.05) is 36.4 Å². The van der Waals surface area contributed by atoms with Gasteiger partial charge in [-0.3, -0.25) is 4.79 Å². The molecule has 0 saturated carbocycles. The van der Waals surface area contributed by atoms with Crippen LogP contribution in [0.3, 0.4) is 0 Å². The lowest BCUT2D eigenvalue weighted by molar-refractivity contribution is 0.0952. The van der Waals surface area contributed by atoms with Crippen molar-refractivity contribution < 1.29 is 14.6 Å². The molecule has 5 nitrogen and oxygen atoms in total. The number of nitrogens with zero attached hydrogens (tertiary/aromatic N) is 1. The van der Waals surface area contributed by atoms with Crippen LogP contribution in [-0.2, 0) is 0 Å². The number of amides is 1. The Labute approximate surface area is 151 Å². The quantitative estimate of drug-likeness (QED) is 0.539. The van der Waals surface area contributed by atoms with Crippen LogP contribution in [0.4, 0.5) is 0 Å². The monoisotopic (exact) mass is 348 g/mol. The summed E-state index contributed by atoms with van der Waals surface area (Å²) in [5.74, 6) is 0.126. The lowest BCUT2D eigenvalue weighted by atomic mass is 10.1. The van der Waals surface area contributed by atoms with Crippen molar-refractivity contribution in [1.29, 1.82) is 0 Å². The Bertz CT molecular complexity index is 964. The molecule has 0 aromatic heterocycles. The normalized spacial score (nSPS) is 11.2. The molecule has 0 heterocycles. The molecule has 5 heteroatoms. The average Bonchev–Trinajstić information content (AvgIpc) is 2.62. The molecule has 0 spiro atoms. The number of benzene rings is 3. The van der Waals surface area contributed by atoms with E-state index in [9.17, 15) is 9.90 Å². The summed E-state index contributed by atoms with van der Waals surface area (Å²) in [6.45, 7) is 3.89. The van der Waals surface area contributed by atoms with Gasteiger partial charge in [-0.25, -0.2) is 5.43 Å². The van der Waals surface area contributed by atoms with Crippen LogP contribution in [0.2, 0.25) is 0 Å². The van der Waals surface area contributed by atoms with Crippen molar-refractivity contribution in [3.8, 4) is 11.5 Å². The highest BCUT2D eigenvalue weighted by Crippen LogP contribution is 2.25. The molecule has 3 aromatic carbocycles. The number of hydrogen-bond donors (Lipinski definition) is 2. The number of carbonyl (C=O) groups excluding carboxylic acids is 1. The number of nitrogens with one attached hydrogen (secondary N) is 1. The summed E-state index contributed by atoms with van der Waals surface area (Å²) in [7, 11) is 0. The smallest absolute Gasteiger partial charge is 0.275 e. The van der Waals surface area contributed by atoms with Crippen molar-refractivity contribution in [3.63, 3.8) is 0 Å². The first kappa shape index (κ1) is 17.5. The number of carbonyl (C=O) groups is 1. The molecule has 0 aliphatic rings. The maximum Gasteiger partial charge on any atom is 0.275 e. The highest BCUT2D eigenvalue weighted by Gasteiger charge is 2.12. The molecule has 3 aromatic rings. The molecule has 0 fully saturated rings. The van der Waals surface area contributed by atoms with Gasteiger partial charge in [-0.05, 0) is 48.9 Å². The predicted octanol–water partition coefficient (Wildman–Crippen LogP) is 4.10. The van der Waals surface area contributed by atoms with E-state index in [1.165, 1.54) is 6.21 Å². The predicted molar refractivity (Wildman–Crippen MR) is 103 cm³/mol. The van der Waals surface area contributed by atoms with Crippen molar-refractivity contribution in [2.75, 3.05) is 0 Å². The number of hydrogen-bond acceptors (Lipinski definition) is 4. The summed E-state index contributed by atoms with van der Waals surface area (Å²) < 4.78 is 5.71. The fraction of sp³-hybridized carbons (Fsp3) is 0.143. The summed E-state index contributed by atoms with van der Waals surface area (Å²) in [6.07, 6.45) is 1.56. The zero-order valence-electron chi connectivity index (χ0n) is 14.6. The average molecular weight is 348 g/mol. The molecular weight excluding hydrogens is 328 g/mol. The first-order valence-corrected chi connectivity index (χ1v) is 8.35. The minimum Gasteiger partial charge on any atom is -0.507 e. The second-order valence-corrected chi connectivity index (χ2v) is 6.12. The van der Waals surface area contributed by atoms with E-state index in [1.807, 2.05) is 62.4 Å². The van der Waals surface area contributed by atoms with Gasteiger partial charge in [-0.15, -0.1) is 0 Å². The molecule has 0 unspecified atom stereocenters. The molecule has 1 amide bonds. The largest absolute Gasteiger partial charge is 0.507 e. The third-order valence-corrected chi connectivity index (χ3v) is 3.76. The molecule has 0 aliphatic carbocycles. The number of phenolic OH excluding ortho intramolecular Hbond substituents is 1. The Kier molecular flexibility index (Phi) is 5.17. The SMILES string of the molecule is CC(C)Oc1ccccc1C=NNC(=O)c1cc2ccccc2cc1O. The van der Waals surface area contributed by atoms with E-state index in [0.29, 0.717) is 5.75 Å². The standard InChI is InChI=1S/C21H20N2O3/c1-14(2)26-20-10-6-5-9-17(20)13-22-23-21(25)18-11-15-7-3-4-8-16(15)12-19(18)24/h3-14,24H,1-2H3,(H,23,25). The van der Waals surface area contributed by atoms with Crippen molar-refractivity contribution in [2.24, 2.45) is 5.10 Å². The number of fused-ring (bicyclic) bond motifs is 1. The lowest BCUT2D eigenvalue weighted by Crippen LogP contribution is -2.18. The first-order valence-electron chi connectivity index (χ1n) is 8.35. The second kappa shape index (κ2) is 7.70. The van der Waals surface area contributed by atoms with Gasteiger partial charge in [0.2, 0.25) is 0 Å². The van der Waals surface area contributed by atoms with E-state index in [0.717, 1.165) is 16.3 Å². The number of aromatic hydroxyl groups is 1. The summed E-state index contributed by atoms with van der Waals surface area (Å²) >= 11 is 0. The number of para-hydroxylation sites is 1. The number of rotatable bonds is 5. The van der Waals surface area contributed by atoms with Gasteiger partial charge in [0.25, 0.3) is 5.91 Å². The van der Waals surface area contributed by atoms with Crippen molar-refractivity contribution in [1.82, 2.24) is 5.43 Å². The van der Waals surface area contributed by atoms with Gasteiger partial charge < -0.3 is 9.84 Å². The molecule has 0 saturated heterocycles. The van der Waals surface area contributed by atoms with Crippen molar-refractivity contribution >= 4 is 22.9 Å². The molecule has 0 bridgehead atoms. The van der Waals surface area contributed by atoms with Gasteiger partial charge in [-0.2, -0.15) is 5.10 Å². The zero-order chi connectivity index (χ0) is 18.5. The Hall–Kier alpha value is -3.34. The zero-order valence-corrected chi connectivity index (χ0v) is 14.6. The van der Waals surface area contributed by atoms with Crippen LogP contribution in [0.5, 0.6) is 11.5 Å². The second-order valence-electron chi connectivity index (χ2n) is 6.12. The van der Waals surface area contributed by atoms with Crippen LogP contribution in [0.15, 0.2) is 65.8 Å². The molecular formula is C21H20N2O3. The van der Waals surface area contributed by atoms with E-state index in [4.69, 9.17) is 4.74 Å². The molecule has 132 valence electrons. The fourth-order valence-corrected chi connectivity index (χ4v) is 2.58. The molecule has 0 atom stereocenters. The van der Waals surface area contributed by atoms with Gasteiger partial charge in [0.05, 0.1) is 17.9 Å². The third-order valence-electron chi connectivity index (χ3n) is 3.76. The molecule has 26 heavy (non-hydrogen) atoms. The topological polar surface area (TPSA) is 70.9 Å². The van der Waals surface area contributed by atoms with Gasteiger partial charge in [0.15, 0.2) is 0 Å². The molecule has 0 aliphatic heterocycles. The third kappa shape index (κ3) is 4.00. The Morgan fingerprint density at radius 3 is 2.46 bits per heavy atom. The fourth-order valence-electron chi connectivity index (χ4n) is 2.58. The number of phenols is 1. The molecule has 0 radical (unpaired) electrons. The maximum atomic E-state index is 12.3. The summed E-state index contributed by atoms with van der Waals surface area (Å²) in [6, 6.07) is 18.2.